The van der Waals surface area contributed by atoms with Crippen molar-refractivity contribution in [3.63, 3.8) is 0 Å². The molecule has 1 N–H and O–H groups in total. The van der Waals surface area contributed by atoms with Gasteiger partial charge in [0.05, 0.1) is 11.4 Å². The van der Waals surface area contributed by atoms with Gasteiger partial charge in [-0.15, -0.1) is 11.3 Å². The van der Waals surface area contributed by atoms with Crippen molar-refractivity contribution in [1.29, 1.82) is 0 Å². The Balaban J connectivity index is 2.74. The minimum atomic E-state index is -0.282. The van der Waals surface area contributed by atoms with Crippen molar-refractivity contribution in [1.82, 2.24) is 5.32 Å². The molecule has 0 radical (unpaired) electrons. The van der Waals surface area contributed by atoms with Crippen LogP contribution in [0.5, 0.6) is 0 Å². The van der Waals surface area contributed by atoms with Gasteiger partial charge in [0, 0.05) is 10.9 Å². The van der Waals surface area contributed by atoms with Crippen LogP contribution in [0.4, 0.5) is 0 Å². The van der Waals surface area contributed by atoms with Gasteiger partial charge in [0.2, 0.25) is 0 Å². The molecular formula is C13H20ClNO2S. The SMILES string of the molecule is CCC(C)C(NC(C)c1ccc(Cl)s1)C(=O)OC. The molecule has 0 bridgehead atoms. The minimum absolute atomic E-state index is 0.0839. The maximum atomic E-state index is 11.8. The molecule has 1 rings (SSSR count). The molecule has 3 atom stereocenters. The van der Waals surface area contributed by atoms with Crippen LogP contribution in [0.25, 0.3) is 0 Å². The molecule has 0 saturated heterocycles. The van der Waals surface area contributed by atoms with E-state index in [1.54, 1.807) is 0 Å². The first-order valence-corrected chi connectivity index (χ1v) is 7.28. The molecule has 0 spiro atoms. The lowest BCUT2D eigenvalue weighted by Gasteiger charge is -2.25. The van der Waals surface area contributed by atoms with E-state index in [0.717, 1.165) is 15.6 Å². The first-order chi connectivity index (χ1) is 8.49. The second kappa shape index (κ2) is 7.12. The fourth-order valence-corrected chi connectivity index (χ4v) is 2.81. The number of rotatable bonds is 6. The molecule has 1 heterocycles. The van der Waals surface area contributed by atoms with E-state index in [2.05, 4.69) is 12.2 Å². The quantitative estimate of drug-likeness (QED) is 0.813. The number of methoxy groups -OCH3 is 1. The summed E-state index contributed by atoms with van der Waals surface area (Å²) in [5, 5.41) is 3.33. The number of halogens is 1. The highest BCUT2D eigenvalue weighted by Crippen LogP contribution is 2.27. The molecule has 0 amide bonds. The van der Waals surface area contributed by atoms with Gasteiger partial charge in [-0.3, -0.25) is 10.1 Å². The Bertz CT molecular complexity index is 394. The molecule has 0 aliphatic heterocycles. The van der Waals surface area contributed by atoms with Crippen molar-refractivity contribution >= 4 is 28.9 Å². The van der Waals surface area contributed by atoms with Crippen LogP contribution in [0.3, 0.4) is 0 Å². The van der Waals surface area contributed by atoms with Gasteiger partial charge in [0.1, 0.15) is 6.04 Å². The summed E-state index contributed by atoms with van der Waals surface area (Å²) >= 11 is 7.45. The molecule has 0 aromatic carbocycles. The van der Waals surface area contributed by atoms with E-state index in [-0.39, 0.29) is 24.0 Å². The van der Waals surface area contributed by atoms with E-state index in [1.165, 1.54) is 18.4 Å². The molecular weight excluding hydrogens is 270 g/mol. The highest BCUT2D eigenvalue weighted by molar-refractivity contribution is 7.16. The van der Waals surface area contributed by atoms with Crippen molar-refractivity contribution in [3.05, 3.63) is 21.3 Å². The van der Waals surface area contributed by atoms with Gasteiger partial charge in [-0.2, -0.15) is 0 Å². The number of ether oxygens (including phenoxy) is 1. The van der Waals surface area contributed by atoms with E-state index >= 15 is 0 Å². The summed E-state index contributed by atoms with van der Waals surface area (Å²) in [6, 6.07) is 3.66. The molecule has 1 aromatic rings. The predicted octanol–water partition coefficient (Wildman–Crippen LogP) is 3.64. The van der Waals surface area contributed by atoms with Crippen LogP contribution in [-0.2, 0) is 9.53 Å². The zero-order chi connectivity index (χ0) is 13.7. The van der Waals surface area contributed by atoms with Crippen molar-refractivity contribution < 1.29 is 9.53 Å². The van der Waals surface area contributed by atoms with Gasteiger partial charge < -0.3 is 4.74 Å². The number of hydrogen-bond acceptors (Lipinski definition) is 4. The van der Waals surface area contributed by atoms with Crippen molar-refractivity contribution in [2.24, 2.45) is 5.92 Å². The minimum Gasteiger partial charge on any atom is -0.468 e. The molecule has 0 saturated carbocycles. The van der Waals surface area contributed by atoms with E-state index in [0.29, 0.717) is 0 Å². The van der Waals surface area contributed by atoms with E-state index in [9.17, 15) is 4.79 Å². The standard InChI is InChI=1S/C13H20ClNO2S/c1-5-8(2)12(13(16)17-4)15-9(3)10-6-7-11(14)18-10/h6-9,12,15H,5H2,1-4H3. The fourth-order valence-electron chi connectivity index (χ4n) is 1.74. The molecule has 1 aromatic heterocycles. The molecule has 18 heavy (non-hydrogen) atoms. The first kappa shape index (κ1) is 15.5. The van der Waals surface area contributed by atoms with Crippen LogP contribution in [0.1, 0.15) is 38.1 Å². The van der Waals surface area contributed by atoms with Gasteiger partial charge in [0.25, 0.3) is 0 Å². The van der Waals surface area contributed by atoms with Gasteiger partial charge in [0.15, 0.2) is 0 Å². The largest absolute Gasteiger partial charge is 0.468 e. The fraction of sp³-hybridized carbons (Fsp3) is 0.615. The number of carbonyl (C=O) groups excluding carboxylic acids is 1. The Morgan fingerprint density at radius 3 is 2.61 bits per heavy atom. The maximum absolute atomic E-state index is 11.8. The number of carbonyl (C=O) groups is 1. The second-order valence-electron chi connectivity index (χ2n) is 4.42. The molecule has 0 fully saturated rings. The van der Waals surface area contributed by atoms with E-state index in [1.807, 2.05) is 26.0 Å². The van der Waals surface area contributed by atoms with Crippen LogP contribution >= 0.6 is 22.9 Å². The van der Waals surface area contributed by atoms with Gasteiger partial charge >= 0.3 is 5.97 Å². The zero-order valence-corrected chi connectivity index (χ0v) is 12.8. The number of nitrogens with one attached hydrogen (secondary N) is 1. The van der Waals surface area contributed by atoms with Crippen LogP contribution in [0.15, 0.2) is 12.1 Å². The summed E-state index contributed by atoms with van der Waals surface area (Å²) in [4.78, 5) is 12.9. The summed E-state index contributed by atoms with van der Waals surface area (Å²) in [5.74, 6) is 0.0224. The topological polar surface area (TPSA) is 38.3 Å². The summed E-state index contributed by atoms with van der Waals surface area (Å²) in [5.41, 5.74) is 0. The highest BCUT2D eigenvalue weighted by Gasteiger charge is 2.26. The third-order valence-corrected chi connectivity index (χ3v) is 4.53. The average Bonchev–Trinajstić information content (AvgIpc) is 2.80. The monoisotopic (exact) mass is 289 g/mol. The third kappa shape index (κ3) is 3.97. The Labute approximate surface area is 117 Å². The highest BCUT2D eigenvalue weighted by atomic mass is 35.5. The van der Waals surface area contributed by atoms with Crippen LogP contribution < -0.4 is 5.32 Å². The number of esters is 1. The normalized spacial score (nSPS) is 16.1. The molecule has 5 heteroatoms. The molecule has 3 nitrogen and oxygen atoms in total. The van der Waals surface area contributed by atoms with Crippen molar-refractivity contribution in [2.75, 3.05) is 7.11 Å². The summed E-state index contributed by atoms with van der Waals surface area (Å²) in [7, 11) is 1.42. The van der Waals surface area contributed by atoms with Crippen LogP contribution in [-0.4, -0.2) is 19.1 Å². The van der Waals surface area contributed by atoms with Gasteiger partial charge in [-0.1, -0.05) is 31.9 Å². The van der Waals surface area contributed by atoms with Crippen molar-refractivity contribution in [3.8, 4) is 0 Å². The van der Waals surface area contributed by atoms with Crippen LogP contribution in [0, 0.1) is 5.92 Å². The smallest absolute Gasteiger partial charge is 0.323 e. The second-order valence-corrected chi connectivity index (χ2v) is 6.16. The lowest BCUT2D eigenvalue weighted by Crippen LogP contribution is -2.43. The van der Waals surface area contributed by atoms with Crippen LogP contribution in [0.2, 0.25) is 4.34 Å². The predicted molar refractivity (Wildman–Crippen MR) is 76.1 cm³/mol. The van der Waals surface area contributed by atoms with Gasteiger partial charge in [-0.25, -0.2) is 0 Å². The average molecular weight is 290 g/mol. The van der Waals surface area contributed by atoms with E-state index < -0.39 is 0 Å². The zero-order valence-electron chi connectivity index (χ0n) is 11.2. The third-order valence-electron chi connectivity index (χ3n) is 3.12. The molecule has 0 aliphatic rings. The number of hydrogen-bond donors (Lipinski definition) is 1. The maximum Gasteiger partial charge on any atom is 0.323 e. The Kier molecular flexibility index (Phi) is 6.12. The molecule has 0 aliphatic carbocycles. The number of thiophene rings is 1. The van der Waals surface area contributed by atoms with Crippen molar-refractivity contribution in [2.45, 2.75) is 39.3 Å². The Morgan fingerprint density at radius 1 is 1.50 bits per heavy atom. The Hall–Kier alpha value is -0.580. The Morgan fingerprint density at radius 2 is 2.17 bits per heavy atom. The molecule has 3 unspecified atom stereocenters. The van der Waals surface area contributed by atoms with E-state index in [4.69, 9.17) is 16.3 Å². The summed E-state index contributed by atoms with van der Waals surface area (Å²) in [6.45, 7) is 6.14. The first-order valence-electron chi connectivity index (χ1n) is 6.08. The summed E-state index contributed by atoms with van der Waals surface area (Å²) < 4.78 is 5.61. The lowest BCUT2D eigenvalue weighted by atomic mass is 9.98. The summed E-state index contributed by atoms with van der Waals surface area (Å²) in [6.07, 6.45) is 0.921. The molecule has 102 valence electrons. The van der Waals surface area contributed by atoms with Gasteiger partial charge in [-0.05, 0) is 25.0 Å². The lowest BCUT2D eigenvalue weighted by molar-refractivity contribution is -0.144.